The molecule has 152 valence electrons. The maximum Gasteiger partial charge on any atom is 0.224 e. The Morgan fingerprint density at radius 2 is 1.67 bits per heavy atom. The topological polar surface area (TPSA) is 56.1 Å². The molecule has 0 saturated carbocycles. The average molecular weight is 399 g/mol. The Morgan fingerprint density at radius 3 is 2.43 bits per heavy atom. The van der Waals surface area contributed by atoms with Gasteiger partial charge in [0.15, 0.2) is 0 Å². The number of rotatable bonds is 8. The van der Waals surface area contributed by atoms with Gasteiger partial charge in [0.1, 0.15) is 11.6 Å². The monoisotopic (exact) mass is 399 g/mol. The van der Waals surface area contributed by atoms with E-state index >= 15 is 0 Å². The number of benzene rings is 3. The van der Waals surface area contributed by atoms with Crippen LogP contribution in [0.1, 0.15) is 17.0 Å². The minimum atomic E-state index is 0.0269. The molecule has 0 bridgehead atoms. The number of para-hydroxylation sites is 2. The number of fused-ring (bicyclic) bond motifs is 1. The molecule has 1 aromatic heterocycles. The van der Waals surface area contributed by atoms with Gasteiger partial charge in [-0.2, -0.15) is 0 Å². The van der Waals surface area contributed by atoms with E-state index < -0.39 is 0 Å². The van der Waals surface area contributed by atoms with Gasteiger partial charge < -0.3 is 14.6 Å². The molecule has 4 aromatic rings. The fourth-order valence-corrected chi connectivity index (χ4v) is 3.56. The van der Waals surface area contributed by atoms with Crippen LogP contribution in [0.4, 0.5) is 0 Å². The maximum atomic E-state index is 12.3. The van der Waals surface area contributed by atoms with Gasteiger partial charge >= 0.3 is 0 Å². The van der Waals surface area contributed by atoms with Gasteiger partial charge in [0.2, 0.25) is 5.91 Å². The summed E-state index contributed by atoms with van der Waals surface area (Å²) in [4.78, 5) is 17.1. The van der Waals surface area contributed by atoms with E-state index in [0.29, 0.717) is 19.4 Å². The van der Waals surface area contributed by atoms with Crippen LogP contribution in [0.15, 0.2) is 78.9 Å². The number of methoxy groups -OCH3 is 1. The van der Waals surface area contributed by atoms with Crippen molar-refractivity contribution < 1.29 is 9.53 Å². The van der Waals surface area contributed by atoms with Crippen molar-refractivity contribution in [1.29, 1.82) is 0 Å². The molecule has 0 saturated heterocycles. The average Bonchev–Trinajstić information content (AvgIpc) is 3.12. The normalized spacial score (nSPS) is 10.8. The lowest BCUT2D eigenvalue weighted by molar-refractivity contribution is -0.120. The molecule has 1 heterocycles. The lowest BCUT2D eigenvalue weighted by Crippen LogP contribution is -2.28. The fourth-order valence-electron chi connectivity index (χ4n) is 3.56. The van der Waals surface area contributed by atoms with E-state index in [2.05, 4.69) is 28.1 Å². The number of hydrogen-bond donors (Lipinski definition) is 1. The van der Waals surface area contributed by atoms with Crippen LogP contribution in [0.25, 0.3) is 11.0 Å². The number of carbonyl (C=O) groups is 1. The molecule has 1 amide bonds. The molecule has 0 radical (unpaired) electrons. The minimum Gasteiger partial charge on any atom is -0.497 e. The van der Waals surface area contributed by atoms with Crippen LogP contribution in [0.5, 0.6) is 5.75 Å². The maximum absolute atomic E-state index is 12.3. The van der Waals surface area contributed by atoms with Crippen LogP contribution in [0, 0.1) is 0 Å². The van der Waals surface area contributed by atoms with Crippen molar-refractivity contribution in [3.8, 4) is 5.75 Å². The number of aromatic nitrogens is 2. The van der Waals surface area contributed by atoms with Crippen LogP contribution in [0.3, 0.4) is 0 Å². The molecule has 0 fully saturated rings. The van der Waals surface area contributed by atoms with Crippen LogP contribution in [-0.4, -0.2) is 29.1 Å². The number of imidazole rings is 1. The van der Waals surface area contributed by atoms with E-state index in [1.807, 2.05) is 60.7 Å². The summed E-state index contributed by atoms with van der Waals surface area (Å²) in [6, 6.07) is 26.0. The van der Waals surface area contributed by atoms with Gasteiger partial charge in [-0.1, -0.05) is 54.6 Å². The molecule has 5 nitrogen and oxygen atoms in total. The summed E-state index contributed by atoms with van der Waals surface area (Å²) in [5.74, 6) is 1.83. The lowest BCUT2D eigenvalue weighted by atomic mass is 10.1. The molecule has 5 heteroatoms. The van der Waals surface area contributed by atoms with E-state index in [9.17, 15) is 4.79 Å². The Labute approximate surface area is 176 Å². The summed E-state index contributed by atoms with van der Waals surface area (Å²) in [6.45, 7) is 1.27. The highest BCUT2D eigenvalue weighted by atomic mass is 16.5. The van der Waals surface area contributed by atoms with E-state index in [4.69, 9.17) is 9.72 Å². The number of amides is 1. The first-order valence-electron chi connectivity index (χ1n) is 10.1. The van der Waals surface area contributed by atoms with Gasteiger partial charge in [-0.05, 0) is 35.4 Å². The molecule has 0 aliphatic carbocycles. The Morgan fingerprint density at radius 1 is 0.933 bits per heavy atom. The minimum absolute atomic E-state index is 0.0269. The summed E-state index contributed by atoms with van der Waals surface area (Å²) in [5, 5.41) is 3.02. The first-order valence-corrected chi connectivity index (χ1v) is 10.1. The smallest absolute Gasteiger partial charge is 0.224 e. The van der Waals surface area contributed by atoms with E-state index in [1.54, 1.807) is 7.11 Å². The van der Waals surface area contributed by atoms with Gasteiger partial charge in [0, 0.05) is 19.5 Å². The quantitative estimate of drug-likeness (QED) is 0.487. The highest BCUT2D eigenvalue weighted by Crippen LogP contribution is 2.19. The predicted molar refractivity (Wildman–Crippen MR) is 119 cm³/mol. The molecule has 0 unspecified atom stereocenters. The molecular weight excluding hydrogens is 374 g/mol. The summed E-state index contributed by atoms with van der Waals surface area (Å²) < 4.78 is 7.48. The Hall–Kier alpha value is -3.60. The summed E-state index contributed by atoms with van der Waals surface area (Å²) in [6.07, 6.45) is 1.06. The molecule has 0 atom stereocenters. The summed E-state index contributed by atoms with van der Waals surface area (Å²) in [5.41, 5.74) is 4.26. The van der Waals surface area contributed by atoms with Crippen molar-refractivity contribution >= 4 is 16.9 Å². The molecule has 0 spiro atoms. The second kappa shape index (κ2) is 9.27. The number of ether oxygens (including phenoxy) is 1. The van der Waals surface area contributed by atoms with Crippen molar-refractivity contribution in [2.75, 3.05) is 13.7 Å². The van der Waals surface area contributed by atoms with Crippen LogP contribution >= 0.6 is 0 Å². The molecule has 4 rings (SSSR count). The molecule has 0 aliphatic heterocycles. The number of hydrogen-bond acceptors (Lipinski definition) is 3. The number of carbonyl (C=O) groups excluding carboxylic acids is 1. The van der Waals surface area contributed by atoms with Crippen molar-refractivity contribution in [3.63, 3.8) is 0 Å². The highest BCUT2D eigenvalue weighted by molar-refractivity contribution is 5.78. The lowest BCUT2D eigenvalue weighted by Gasteiger charge is -2.11. The molecule has 0 aliphatic rings. The van der Waals surface area contributed by atoms with Crippen LogP contribution < -0.4 is 10.1 Å². The largest absolute Gasteiger partial charge is 0.497 e. The molecule has 3 aromatic carbocycles. The first kappa shape index (κ1) is 19.7. The van der Waals surface area contributed by atoms with Crippen molar-refractivity contribution in [3.05, 3.63) is 95.8 Å². The summed E-state index contributed by atoms with van der Waals surface area (Å²) in [7, 11) is 1.67. The van der Waals surface area contributed by atoms with Crippen molar-refractivity contribution in [2.24, 2.45) is 0 Å². The highest BCUT2D eigenvalue weighted by Gasteiger charge is 2.12. The van der Waals surface area contributed by atoms with E-state index in [1.165, 1.54) is 5.56 Å². The van der Waals surface area contributed by atoms with E-state index in [0.717, 1.165) is 34.7 Å². The second-order valence-electron chi connectivity index (χ2n) is 7.21. The van der Waals surface area contributed by atoms with Gasteiger partial charge in [-0.25, -0.2) is 4.98 Å². The van der Waals surface area contributed by atoms with Gasteiger partial charge in [-0.15, -0.1) is 0 Å². The Kier molecular flexibility index (Phi) is 6.09. The predicted octanol–water partition coefficient (Wildman–Crippen LogP) is 3.99. The third kappa shape index (κ3) is 4.69. The van der Waals surface area contributed by atoms with Gasteiger partial charge in [0.05, 0.1) is 24.6 Å². The zero-order valence-electron chi connectivity index (χ0n) is 17.0. The Balaban J connectivity index is 1.46. The van der Waals surface area contributed by atoms with Gasteiger partial charge in [-0.3, -0.25) is 4.79 Å². The second-order valence-corrected chi connectivity index (χ2v) is 7.21. The zero-order valence-corrected chi connectivity index (χ0v) is 17.0. The molecule has 1 N–H and O–H groups in total. The van der Waals surface area contributed by atoms with Crippen LogP contribution in [-0.2, 0) is 24.2 Å². The molecule has 30 heavy (non-hydrogen) atoms. The van der Waals surface area contributed by atoms with E-state index in [-0.39, 0.29) is 5.91 Å². The zero-order chi connectivity index (χ0) is 20.8. The fraction of sp³-hybridized carbons (Fsp3) is 0.200. The third-order valence-electron chi connectivity index (χ3n) is 5.11. The van der Waals surface area contributed by atoms with Crippen molar-refractivity contribution in [2.45, 2.75) is 19.4 Å². The summed E-state index contributed by atoms with van der Waals surface area (Å²) >= 11 is 0. The van der Waals surface area contributed by atoms with Crippen LogP contribution in [0.2, 0.25) is 0 Å². The first-order chi connectivity index (χ1) is 14.7. The number of nitrogens with one attached hydrogen (secondary N) is 1. The van der Waals surface area contributed by atoms with Crippen molar-refractivity contribution in [1.82, 2.24) is 14.9 Å². The standard InChI is InChI=1S/C25H25N3O2/c1-30-21-13-11-20(12-14-21)18-28-23-10-6-5-9-22(23)27-24(28)15-16-26-25(29)17-19-7-3-2-4-8-19/h2-14H,15-18H2,1H3,(H,26,29). The Bertz CT molecular complexity index is 1120. The molecular formula is C25H25N3O2. The van der Waals surface area contributed by atoms with Gasteiger partial charge in [0.25, 0.3) is 0 Å². The SMILES string of the molecule is COc1ccc(Cn2c(CCNC(=O)Cc3ccccc3)nc3ccccc32)cc1. The number of nitrogens with zero attached hydrogens (tertiary/aromatic N) is 2. The third-order valence-corrected chi connectivity index (χ3v) is 5.11.